The van der Waals surface area contributed by atoms with Crippen molar-refractivity contribution in [3.8, 4) is 0 Å². The average Bonchev–Trinajstić information content (AvgIpc) is 2.87. The summed E-state index contributed by atoms with van der Waals surface area (Å²) in [4.78, 5) is 4.53. The normalized spacial score (nSPS) is 23.1. The van der Waals surface area contributed by atoms with Crippen molar-refractivity contribution in [1.29, 1.82) is 0 Å². The van der Waals surface area contributed by atoms with E-state index in [0.717, 1.165) is 30.0 Å². The second kappa shape index (κ2) is 5.81. The quantitative estimate of drug-likeness (QED) is 0.923. The molecule has 1 N–H and O–H groups in total. The van der Waals surface area contributed by atoms with E-state index in [0.29, 0.717) is 0 Å². The zero-order chi connectivity index (χ0) is 13.9. The highest BCUT2D eigenvalue weighted by Crippen LogP contribution is 2.30. The molecule has 0 atom stereocenters. The predicted molar refractivity (Wildman–Crippen MR) is 82.0 cm³/mol. The fourth-order valence-corrected chi connectivity index (χ4v) is 3.14. The number of nitrogens with one attached hydrogen (secondary N) is 1. The van der Waals surface area contributed by atoms with Crippen LogP contribution in [0.2, 0.25) is 0 Å². The summed E-state index contributed by atoms with van der Waals surface area (Å²) in [6, 6.07) is 4.11. The van der Waals surface area contributed by atoms with Gasteiger partial charge in [-0.3, -0.25) is 0 Å². The van der Waals surface area contributed by atoms with Crippen molar-refractivity contribution < 1.29 is 0 Å². The third-order valence-electron chi connectivity index (χ3n) is 4.59. The molecule has 2 heterocycles. The second-order valence-corrected chi connectivity index (χ2v) is 6.12. The summed E-state index contributed by atoms with van der Waals surface area (Å²) in [7, 11) is 0. The van der Waals surface area contributed by atoms with E-state index in [1.807, 2.05) is 10.7 Å². The van der Waals surface area contributed by atoms with E-state index >= 15 is 0 Å². The number of fused-ring (bicyclic) bond motifs is 1. The van der Waals surface area contributed by atoms with Crippen LogP contribution in [0.15, 0.2) is 18.3 Å². The van der Waals surface area contributed by atoms with Crippen LogP contribution in [0.4, 0.5) is 5.95 Å². The lowest BCUT2D eigenvalue weighted by molar-refractivity contribution is 0.278. The van der Waals surface area contributed by atoms with Gasteiger partial charge in [0.25, 0.3) is 0 Å². The van der Waals surface area contributed by atoms with Crippen LogP contribution in [-0.4, -0.2) is 21.1 Å². The van der Waals surface area contributed by atoms with Gasteiger partial charge in [0.1, 0.15) is 0 Å². The van der Waals surface area contributed by atoms with Crippen molar-refractivity contribution in [3.63, 3.8) is 0 Å². The number of rotatable bonds is 4. The summed E-state index contributed by atoms with van der Waals surface area (Å²) < 4.78 is 1.84. The first-order chi connectivity index (χ1) is 9.74. The van der Waals surface area contributed by atoms with Gasteiger partial charge >= 0.3 is 0 Å². The fraction of sp³-hybridized carbons (Fsp3) is 0.625. The molecule has 0 amide bonds. The fourth-order valence-electron chi connectivity index (χ4n) is 3.14. The number of anilines is 1. The molecule has 2 aromatic rings. The zero-order valence-electron chi connectivity index (χ0n) is 12.5. The van der Waals surface area contributed by atoms with Gasteiger partial charge in [0.05, 0.1) is 0 Å². The number of hydrogen-bond acceptors (Lipinski definition) is 3. The Bertz CT molecular complexity index is 567. The van der Waals surface area contributed by atoms with Crippen LogP contribution in [0.5, 0.6) is 0 Å². The highest BCUT2D eigenvalue weighted by Gasteiger charge is 2.20. The number of pyridine rings is 1. The maximum atomic E-state index is 4.53. The molecule has 1 saturated carbocycles. The SMILES string of the molecule is CCC1CCC(CNc2nc3cc(C)ccn3n2)CC1. The van der Waals surface area contributed by atoms with Crippen LogP contribution >= 0.6 is 0 Å². The van der Waals surface area contributed by atoms with Crippen LogP contribution < -0.4 is 5.32 Å². The number of nitrogens with zero attached hydrogens (tertiary/aromatic N) is 3. The molecule has 4 nitrogen and oxygen atoms in total. The third-order valence-corrected chi connectivity index (χ3v) is 4.59. The van der Waals surface area contributed by atoms with E-state index in [9.17, 15) is 0 Å². The Morgan fingerprint density at radius 3 is 2.75 bits per heavy atom. The highest BCUT2D eigenvalue weighted by atomic mass is 15.3. The molecular formula is C16H24N4. The molecule has 0 spiro atoms. The van der Waals surface area contributed by atoms with Crippen molar-refractivity contribution in [2.75, 3.05) is 11.9 Å². The van der Waals surface area contributed by atoms with Gasteiger partial charge in [0, 0.05) is 12.7 Å². The molecule has 0 aromatic carbocycles. The summed E-state index contributed by atoms with van der Waals surface area (Å²) in [5, 5.41) is 7.88. The van der Waals surface area contributed by atoms with Gasteiger partial charge in [-0.1, -0.05) is 26.2 Å². The molecule has 0 radical (unpaired) electrons. The van der Waals surface area contributed by atoms with Crippen LogP contribution in [-0.2, 0) is 0 Å². The average molecular weight is 272 g/mol. The first kappa shape index (κ1) is 13.4. The Morgan fingerprint density at radius 1 is 1.25 bits per heavy atom. The number of aryl methyl sites for hydroxylation is 1. The minimum absolute atomic E-state index is 0.758. The van der Waals surface area contributed by atoms with Crippen LogP contribution in [0.1, 0.15) is 44.6 Å². The van der Waals surface area contributed by atoms with Gasteiger partial charge in [-0.15, -0.1) is 5.10 Å². The molecule has 0 saturated heterocycles. The minimum Gasteiger partial charge on any atom is -0.353 e. The predicted octanol–water partition coefficient (Wildman–Crippen LogP) is 3.67. The maximum Gasteiger partial charge on any atom is 0.243 e. The summed E-state index contributed by atoms with van der Waals surface area (Å²) >= 11 is 0. The van der Waals surface area contributed by atoms with E-state index in [2.05, 4.69) is 41.4 Å². The van der Waals surface area contributed by atoms with Crippen molar-refractivity contribution >= 4 is 11.6 Å². The van der Waals surface area contributed by atoms with Gasteiger partial charge in [-0.2, -0.15) is 4.98 Å². The van der Waals surface area contributed by atoms with Crippen LogP contribution in [0.25, 0.3) is 5.65 Å². The molecule has 2 aromatic heterocycles. The smallest absolute Gasteiger partial charge is 0.243 e. The maximum absolute atomic E-state index is 4.53. The van der Waals surface area contributed by atoms with Crippen molar-refractivity contribution in [2.45, 2.75) is 46.0 Å². The third kappa shape index (κ3) is 2.94. The summed E-state index contributed by atoms with van der Waals surface area (Å²) in [5.41, 5.74) is 2.14. The van der Waals surface area contributed by atoms with E-state index < -0.39 is 0 Å². The molecule has 3 rings (SSSR count). The number of aromatic nitrogens is 3. The van der Waals surface area contributed by atoms with Crippen LogP contribution in [0.3, 0.4) is 0 Å². The van der Waals surface area contributed by atoms with Crippen molar-refractivity contribution in [3.05, 3.63) is 23.9 Å². The highest BCUT2D eigenvalue weighted by molar-refractivity contribution is 5.45. The Kier molecular flexibility index (Phi) is 3.90. The zero-order valence-corrected chi connectivity index (χ0v) is 12.5. The topological polar surface area (TPSA) is 42.2 Å². The lowest BCUT2D eigenvalue weighted by Gasteiger charge is -2.27. The standard InChI is InChI=1S/C16H24N4/c1-3-13-4-6-14(7-5-13)11-17-16-18-15-10-12(2)8-9-20(15)19-16/h8-10,13-14H,3-7,11H2,1-2H3,(H,17,19). The summed E-state index contributed by atoms with van der Waals surface area (Å²) in [5.74, 6) is 2.50. The lowest BCUT2D eigenvalue weighted by atomic mass is 9.81. The van der Waals surface area contributed by atoms with E-state index in [4.69, 9.17) is 0 Å². The van der Waals surface area contributed by atoms with Gasteiger partial charge in [0.15, 0.2) is 5.65 Å². The second-order valence-electron chi connectivity index (χ2n) is 6.12. The minimum atomic E-state index is 0.758. The van der Waals surface area contributed by atoms with E-state index in [1.165, 1.54) is 37.7 Å². The molecule has 1 fully saturated rings. The van der Waals surface area contributed by atoms with Gasteiger partial charge in [-0.05, 0) is 49.3 Å². The van der Waals surface area contributed by atoms with E-state index in [-0.39, 0.29) is 0 Å². The molecule has 0 aliphatic heterocycles. The number of hydrogen-bond donors (Lipinski definition) is 1. The van der Waals surface area contributed by atoms with Gasteiger partial charge in [0.2, 0.25) is 5.95 Å². The molecular weight excluding hydrogens is 248 g/mol. The Labute approximate surface area is 120 Å². The Hall–Kier alpha value is -1.58. The van der Waals surface area contributed by atoms with E-state index in [1.54, 1.807) is 0 Å². The summed E-state index contributed by atoms with van der Waals surface area (Å²) in [6.07, 6.45) is 8.78. The molecule has 0 unspecified atom stereocenters. The van der Waals surface area contributed by atoms with Crippen molar-refractivity contribution in [1.82, 2.24) is 14.6 Å². The monoisotopic (exact) mass is 272 g/mol. The Morgan fingerprint density at radius 2 is 2.00 bits per heavy atom. The lowest BCUT2D eigenvalue weighted by Crippen LogP contribution is -2.21. The van der Waals surface area contributed by atoms with Gasteiger partial charge < -0.3 is 5.32 Å². The molecule has 4 heteroatoms. The molecule has 20 heavy (non-hydrogen) atoms. The first-order valence-electron chi connectivity index (χ1n) is 7.81. The van der Waals surface area contributed by atoms with Gasteiger partial charge in [-0.25, -0.2) is 4.52 Å². The summed E-state index contributed by atoms with van der Waals surface area (Å²) in [6.45, 7) is 5.39. The molecule has 1 aliphatic rings. The molecule has 0 bridgehead atoms. The Balaban J connectivity index is 1.57. The molecule has 1 aliphatic carbocycles. The van der Waals surface area contributed by atoms with Crippen LogP contribution in [0, 0.1) is 18.8 Å². The first-order valence-corrected chi connectivity index (χ1v) is 7.81. The largest absolute Gasteiger partial charge is 0.353 e. The van der Waals surface area contributed by atoms with Crippen molar-refractivity contribution in [2.24, 2.45) is 11.8 Å². The molecule has 108 valence electrons.